The maximum Gasteiger partial charge on any atom is 0.107 e. The Bertz CT molecular complexity index is 427. The van der Waals surface area contributed by atoms with Crippen molar-refractivity contribution >= 4 is 11.3 Å². The molecule has 0 aromatic carbocycles. The monoisotopic (exact) mass is 294 g/mol. The SMILES string of the molecule is CN(C)C1CCCN(Cc2csc(CNC3CC3)n2)C1. The van der Waals surface area contributed by atoms with Crippen molar-refractivity contribution < 1.29 is 0 Å². The molecule has 1 saturated heterocycles. The number of piperidine rings is 1. The summed E-state index contributed by atoms with van der Waals surface area (Å²) in [6, 6.07) is 1.48. The van der Waals surface area contributed by atoms with Crippen LogP contribution in [0.15, 0.2) is 5.38 Å². The van der Waals surface area contributed by atoms with E-state index in [1.807, 2.05) is 0 Å². The summed E-state index contributed by atoms with van der Waals surface area (Å²) in [6.45, 7) is 4.37. The van der Waals surface area contributed by atoms with Crippen LogP contribution in [0, 0.1) is 0 Å². The number of likely N-dealkylation sites (N-methyl/N-ethyl adjacent to an activating group) is 1. The molecule has 5 heteroatoms. The minimum Gasteiger partial charge on any atom is -0.308 e. The molecule has 0 spiro atoms. The molecule has 2 heterocycles. The first kappa shape index (κ1) is 14.4. The van der Waals surface area contributed by atoms with Crippen molar-refractivity contribution in [3.05, 3.63) is 16.1 Å². The van der Waals surface area contributed by atoms with Crippen molar-refractivity contribution in [3.8, 4) is 0 Å². The fraction of sp³-hybridized carbons (Fsp3) is 0.800. The summed E-state index contributed by atoms with van der Waals surface area (Å²) in [5.41, 5.74) is 1.25. The van der Waals surface area contributed by atoms with Crippen LogP contribution in [0.25, 0.3) is 0 Å². The van der Waals surface area contributed by atoms with Crippen molar-refractivity contribution in [2.75, 3.05) is 27.2 Å². The molecule has 0 amide bonds. The van der Waals surface area contributed by atoms with Gasteiger partial charge in [-0.2, -0.15) is 0 Å². The van der Waals surface area contributed by atoms with Crippen LogP contribution < -0.4 is 5.32 Å². The lowest BCUT2D eigenvalue weighted by molar-refractivity contribution is 0.127. The Morgan fingerprint density at radius 1 is 1.40 bits per heavy atom. The van der Waals surface area contributed by atoms with E-state index in [4.69, 9.17) is 4.98 Å². The standard InChI is InChI=1S/C15H26N4S/c1-18(2)14-4-3-7-19(10-14)9-13-11-20-15(17-13)8-16-12-5-6-12/h11-12,14,16H,3-10H2,1-2H3. The molecule has 2 aliphatic rings. The van der Waals surface area contributed by atoms with Crippen molar-refractivity contribution in [1.29, 1.82) is 0 Å². The van der Waals surface area contributed by atoms with Gasteiger partial charge in [-0.1, -0.05) is 0 Å². The highest BCUT2D eigenvalue weighted by Gasteiger charge is 2.22. The molecule has 1 saturated carbocycles. The second kappa shape index (κ2) is 6.52. The van der Waals surface area contributed by atoms with E-state index in [0.29, 0.717) is 6.04 Å². The number of hydrogen-bond donors (Lipinski definition) is 1. The lowest BCUT2D eigenvalue weighted by atomic mass is 10.0. The Morgan fingerprint density at radius 3 is 3.00 bits per heavy atom. The van der Waals surface area contributed by atoms with Gasteiger partial charge in [0.05, 0.1) is 5.69 Å². The van der Waals surface area contributed by atoms with Crippen LogP contribution in [0.3, 0.4) is 0 Å². The number of rotatable bonds is 6. The zero-order valence-electron chi connectivity index (χ0n) is 12.6. The van der Waals surface area contributed by atoms with Crippen molar-refractivity contribution in [1.82, 2.24) is 20.1 Å². The maximum atomic E-state index is 4.77. The van der Waals surface area contributed by atoms with Gasteiger partial charge in [0.2, 0.25) is 0 Å². The van der Waals surface area contributed by atoms with E-state index in [-0.39, 0.29) is 0 Å². The molecular formula is C15H26N4S. The van der Waals surface area contributed by atoms with Gasteiger partial charge in [-0.25, -0.2) is 4.98 Å². The average Bonchev–Trinajstić information content (AvgIpc) is 3.17. The third-order valence-corrected chi connectivity index (χ3v) is 5.21. The van der Waals surface area contributed by atoms with Gasteiger partial charge in [0.15, 0.2) is 0 Å². The predicted molar refractivity (Wildman–Crippen MR) is 84.0 cm³/mol. The molecule has 1 unspecified atom stereocenters. The topological polar surface area (TPSA) is 31.4 Å². The van der Waals surface area contributed by atoms with Gasteiger partial charge in [0.25, 0.3) is 0 Å². The first-order valence-electron chi connectivity index (χ1n) is 7.76. The highest BCUT2D eigenvalue weighted by molar-refractivity contribution is 7.09. The smallest absolute Gasteiger partial charge is 0.107 e. The van der Waals surface area contributed by atoms with Crippen LogP contribution in [0.5, 0.6) is 0 Å². The summed E-state index contributed by atoms with van der Waals surface area (Å²) in [6.07, 6.45) is 5.33. The average molecular weight is 294 g/mol. The second-order valence-corrected chi connectivity index (χ2v) is 7.33. The van der Waals surface area contributed by atoms with E-state index >= 15 is 0 Å². The Hall–Kier alpha value is -0.490. The molecule has 2 fully saturated rings. The van der Waals surface area contributed by atoms with E-state index in [0.717, 1.165) is 19.1 Å². The molecule has 3 rings (SSSR count). The first-order valence-corrected chi connectivity index (χ1v) is 8.64. The molecule has 112 valence electrons. The normalized spacial score (nSPS) is 24.4. The summed E-state index contributed by atoms with van der Waals surface area (Å²) in [5, 5.41) is 7.02. The minimum atomic E-state index is 0.707. The summed E-state index contributed by atoms with van der Waals surface area (Å²) >= 11 is 1.80. The van der Waals surface area contributed by atoms with Gasteiger partial charge in [0, 0.05) is 37.1 Å². The van der Waals surface area contributed by atoms with Crippen molar-refractivity contribution in [3.63, 3.8) is 0 Å². The molecule has 1 aromatic heterocycles. The number of thiazole rings is 1. The van der Waals surface area contributed by atoms with Crippen LogP contribution in [0.1, 0.15) is 36.4 Å². The summed E-state index contributed by atoms with van der Waals surface area (Å²) in [4.78, 5) is 9.69. The van der Waals surface area contributed by atoms with E-state index in [1.165, 1.54) is 49.5 Å². The maximum absolute atomic E-state index is 4.77. The van der Waals surface area contributed by atoms with Gasteiger partial charge >= 0.3 is 0 Å². The van der Waals surface area contributed by atoms with Crippen molar-refractivity contribution in [2.45, 2.75) is 50.9 Å². The quantitative estimate of drug-likeness (QED) is 0.868. The van der Waals surface area contributed by atoms with Gasteiger partial charge < -0.3 is 10.2 Å². The van der Waals surface area contributed by atoms with Gasteiger partial charge in [0.1, 0.15) is 5.01 Å². The van der Waals surface area contributed by atoms with Crippen molar-refractivity contribution in [2.24, 2.45) is 0 Å². The molecule has 1 N–H and O–H groups in total. The molecule has 1 aliphatic carbocycles. The minimum absolute atomic E-state index is 0.707. The Balaban J connectivity index is 1.49. The van der Waals surface area contributed by atoms with Gasteiger partial charge in [-0.3, -0.25) is 4.90 Å². The molecule has 0 bridgehead atoms. The fourth-order valence-corrected chi connectivity index (χ4v) is 3.58. The van der Waals surface area contributed by atoms with Crippen LogP contribution >= 0.6 is 11.3 Å². The Labute approximate surface area is 126 Å². The summed E-state index contributed by atoms with van der Waals surface area (Å²) < 4.78 is 0. The van der Waals surface area contributed by atoms with E-state index in [9.17, 15) is 0 Å². The van der Waals surface area contributed by atoms with Crippen LogP contribution in [-0.4, -0.2) is 54.1 Å². The molecule has 20 heavy (non-hydrogen) atoms. The van der Waals surface area contributed by atoms with E-state index in [2.05, 4.69) is 34.6 Å². The van der Waals surface area contributed by atoms with Crippen LogP contribution in [0.4, 0.5) is 0 Å². The number of aromatic nitrogens is 1. The predicted octanol–water partition coefficient (Wildman–Crippen LogP) is 1.92. The molecule has 1 aromatic rings. The Morgan fingerprint density at radius 2 is 2.25 bits per heavy atom. The van der Waals surface area contributed by atoms with E-state index < -0.39 is 0 Å². The number of hydrogen-bond acceptors (Lipinski definition) is 5. The lowest BCUT2D eigenvalue weighted by Crippen LogP contribution is -2.44. The van der Waals surface area contributed by atoms with Gasteiger partial charge in [-0.15, -0.1) is 11.3 Å². The number of likely N-dealkylation sites (tertiary alicyclic amines) is 1. The number of nitrogens with zero attached hydrogens (tertiary/aromatic N) is 3. The third kappa shape index (κ3) is 4.01. The lowest BCUT2D eigenvalue weighted by Gasteiger charge is -2.35. The van der Waals surface area contributed by atoms with Crippen LogP contribution in [0.2, 0.25) is 0 Å². The third-order valence-electron chi connectivity index (χ3n) is 4.32. The Kier molecular flexibility index (Phi) is 4.71. The molecule has 1 atom stereocenters. The highest BCUT2D eigenvalue weighted by atomic mass is 32.1. The zero-order chi connectivity index (χ0) is 13.9. The highest BCUT2D eigenvalue weighted by Crippen LogP contribution is 2.21. The van der Waals surface area contributed by atoms with Gasteiger partial charge in [-0.05, 0) is 46.3 Å². The first-order chi connectivity index (χ1) is 9.70. The van der Waals surface area contributed by atoms with Crippen LogP contribution in [-0.2, 0) is 13.1 Å². The molecule has 4 nitrogen and oxygen atoms in total. The number of nitrogens with one attached hydrogen (secondary N) is 1. The van der Waals surface area contributed by atoms with E-state index in [1.54, 1.807) is 11.3 Å². The summed E-state index contributed by atoms with van der Waals surface area (Å²) in [7, 11) is 4.39. The largest absolute Gasteiger partial charge is 0.308 e. The fourth-order valence-electron chi connectivity index (χ4n) is 2.85. The summed E-state index contributed by atoms with van der Waals surface area (Å²) in [5.74, 6) is 0. The molecule has 1 aliphatic heterocycles. The molecule has 0 radical (unpaired) electrons. The zero-order valence-corrected chi connectivity index (χ0v) is 13.5. The second-order valence-electron chi connectivity index (χ2n) is 6.38. The molecular weight excluding hydrogens is 268 g/mol.